The van der Waals surface area contributed by atoms with Crippen LogP contribution in [-0.4, -0.2) is 46.1 Å². The highest BCUT2D eigenvalue weighted by molar-refractivity contribution is 5.77. The van der Waals surface area contributed by atoms with Crippen molar-refractivity contribution >= 4 is 46.4 Å². The third kappa shape index (κ3) is 6.31. The van der Waals surface area contributed by atoms with Crippen LogP contribution in [0.1, 0.15) is 48.5 Å². The van der Waals surface area contributed by atoms with E-state index in [1.807, 2.05) is 42.5 Å². The Morgan fingerprint density at radius 2 is 0.794 bits per heavy atom. The lowest BCUT2D eigenvalue weighted by Gasteiger charge is -1.86. The standard InChI is InChI=1S/C20H14N4.2C4H9N/c1-2-14-10-16-5-6-18(23-16)12-20-8-7-19(24-20)11-17-4-3-15(22-17)9-13(1)21-14;2*1-2-4-5-3-1/h1-12,21-22H;2*5H,1-4H2. The second-order valence-corrected chi connectivity index (χ2v) is 8.82. The fraction of sp³-hybridized carbons (Fsp3) is 0.286. The van der Waals surface area contributed by atoms with E-state index in [9.17, 15) is 0 Å². The summed E-state index contributed by atoms with van der Waals surface area (Å²) in [6.45, 7) is 5.00. The highest BCUT2D eigenvalue weighted by atomic mass is 14.9. The molecular formula is C28H32N6. The number of aromatic nitrogens is 4. The van der Waals surface area contributed by atoms with Crippen LogP contribution in [0.25, 0.3) is 46.4 Å². The number of fused-ring (bicyclic) bond motifs is 8. The maximum absolute atomic E-state index is 4.62. The number of nitrogens with zero attached hydrogens (tertiary/aromatic N) is 2. The molecule has 174 valence electrons. The van der Waals surface area contributed by atoms with Gasteiger partial charge >= 0.3 is 0 Å². The summed E-state index contributed by atoms with van der Waals surface area (Å²) in [6.07, 6.45) is 13.6. The van der Waals surface area contributed by atoms with E-state index in [0.717, 1.165) is 44.8 Å². The summed E-state index contributed by atoms with van der Waals surface area (Å²) in [5.41, 5.74) is 7.86. The molecular weight excluding hydrogens is 420 g/mol. The molecule has 2 fully saturated rings. The quantitative estimate of drug-likeness (QED) is 0.254. The first-order valence-corrected chi connectivity index (χ1v) is 12.3. The molecule has 7 rings (SSSR count). The molecule has 3 aromatic rings. The number of hydrogen-bond acceptors (Lipinski definition) is 4. The highest BCUT2D eigenvalue weighted by Gasteiger charge is 2.02. The van der Waals surface area contributed by atoms with Gasteiger partial charge in [-0.15, -0.1) is 0 Å². The normalized spacial score (nSPS) is 16.0. The summed E-state index contributed by atoms with van der Waals surface area (Å²) in [5.74, 6) is 0. The first kappa shape index (κ1) is 22.3. The maximum atomic E-state index is 4.62. The Hall–Kier alpha value is -3.48. The lowest BCUT2D eigenvalue weighted by atomic mass is 10.3. The predicted molar refractivity (Wildman–Crippen MR) is 143 cm³/mol. The number of hydrogen-bond donors (Lipinski definition) is 4. The van der Waals surface area contributed by atoms with Gasteiger partial charge in [-0.25, -0.2) is 9.97 Å². The Morgan fingerprint density at radius 1 is 0.441 bits per heavy atom. The number of rotatable bonds is 0. The molecule has 0 aromatic carbocycles. The topological polar surface area (TPSA) is 81.4 Å². The second-order valence-electron chi connectivity index (χ2n) is 8.82. The van der Waals surface area contributed by atoms with Gasteiger partial charge in [-0.3, -0.25) is 0 Å². The third-order valence-corrected chi connectivity index (χ3v) is 5.96. The second kappa shape index (κ2) is 11.1. The van der Waals surface area contributed by atoms with Gasteiger partial charge in [0, 0.05) is 22.1 Å². The lowest BCUT2D eigenvalue weighted by Crippen LogP contribution is -2.03. The van der Waals surface area contributed by atoms with E-state index < -0.39 is 0 Å². The highest BCUT2D eigenvalue weighted by Crippen LogP contribution is 2.17. The van der Waals surface area contributed by atoms with Crippen LogP contribution < -0.4 is 10.6 Å². The van der Waals surface area contributed by atoms with Crippen LogP contribution in [-0.2, 0) is 0 Å². The summed E-state index contributed by atoms with van der Waals surface area (Å²) >= 11 is 0. The van der Waals surface area contributed by atoms with Gasteiger partial charge in [-0.05, 0) is 125 Å². The van der Waals surface area contributed by atoms with Crippen molar-refractivity contribution in [3.63, 3.8) is 0 Å². The van der Waals surface area contributed by atoms with Crippen LogP contribution in [0.15, 0.2) is 48.5 Å². The Labute approximate surface area is 200 Å². The molecule has 7 heterocycles. The Morgan fingerprint density at radius 3 is 1.15 bits per heavy atom. The number of nitrogens with one attached hydrogen (secondary N) is 4. The molecule has 0 radical (unpaired) electrons. The van der Waals surface area contributed by atoms with Crippen molar-refractivity contribution < 1.29 is 0 Å². The van der Waals surface area contributed by atoms with E-state index in [2.05, 4.69) is 60.9 Å². The van der Waals surface area contributed by atoms with Crippen molar-refractivity contribution in [2.75, 3.05) is 26.2 Å². The minimum Gasteiger partial charge on any atom is -0.355 e. The van der Waals surface area contributed by atoms with Crippen LogP contribution in [0.2, 0.25) is 0 Å². The van der Waals surface area contributed by atoms with Crippen LogP contribution in [0.3, 0.4) is 0 Å². The van der Waals surface area contributed by atoms with Crippen molar-refractivity contribution in [3.8, 4) is 0 Å². The zero-order chi connectivity index (χ0) is 23.0. The van der Waals surface area contributed by atoms with Gasteiger partial charge in [-0.1, -0.05) is 0 Å². The molecule has 0 unspecified atom stereocenters. The van der Waals surface area contributed by atoms with Gasteiger partial charge in [0.1, 0.15) is 0 Å². The van der Waals surface area contributed by atoms with E-state index in [1.165, 1.54) is 51.9 Å². The molecule has 6 nitrogen and oxygen atoms in total. The molecule has 4 N–H and O–H groups in total. The van der Waals surface area contributed by atoms with Crippen molar-refractivity contribution in [1.29, 1.82) is 0 Å². The average molecular weight is 453 g/mol. The maximum Gasteiger partial charge on any atom is 0.0659 e. The summed E-state index contributed by atoms with van der Waals surface area (Å²) < 4.78 is 0. The van der Waals surface area contributed by atoms with Gasteiger partial charge in [0.15, 0.2) is 0 Å². The minimum absolute atomic E-state index is 0.915. The first-order chi connectivity index (χ1) is 16.8. The zero-order valence-electron chi connectivity index (χ0n) is 19.5. The zero-order valence-corrected chi connectivity index (χ0v) is 19.5. The summed E-state index contributed by atoms with van der Waals surface area (Å²) in [7, 11) is 0. The average Bonchev–Trinajstić information content (AvgIpc) is 3.65. The Bertz CT molecular complexity index is 1210. The van der Waals surface area contributed by atoms with E-state index in [-0.39, 0.29) is 0 Å². The summed E-state index contributed by atoms with van der Waals surface area (Å²) in [5, 5.41) is 6.44. The van der Waals surface area contributed by atoms with Crippen LogP contribution in [0.4, 0.5) is 0 Å². The smallest absolute Gasteiger partial charge is 0.0659 e. The van der Waals surface area contributed by atoms with Crippen LogP contribution in [0.5, 0.6) is 0 Å². The van der Waals surface area contributed by atoms with Crippen molar-refractivity contribution in [2.24, 2.45) is 0 Å². The molecule has 34 heavy (non-hydrogen) atoms. The summed E-state index contributed by atoms with van der Waals surface area (Å²) in [6, 6.07) is 16.4. The van der Waals surface area contributed by atoms with Gasteiger partial charge in [0.2, 0.25) is 0 Å². The molecule has 0 atom stereocenters. The number of H-pyrrole nitrogens is 2. The van der Waals surface area contributed by atoms with E-state index in [1.54, 1.807) is 0 Å². The third-order valence-electron chi connectivity index (χ3n) is 5.96. The summed E-state index contributed by atoms with van der Waals surface area (Å²) in [4.78, 5) is 16.0. The van der Waals surface area contributed by atoms with Gasteiger partial charge in [-0.2, -0.15) is 0 Å². The number of aromatic amines is 2. The molecule has 3 aromatic heterocycles. The first-order valence-electron chi connectivity index (χ1n) is 12.3. The molecule has 2 saturated heterocycles. The molecule has 0 aliphatic carbocycles. The molecule has 4 aliphatic heterocycles. The SMILES string of the molecule is C1=Cc2cc3ccc(cc4ccc(cc5nc(cc1n2)C=C5)[nH]4)[nH]3.C1CCNC1.C1CCNC1. The predicted octanol–water partition coefficient (Wildman–Crippen LogP) is 5.40. The van der Waals surface area contributed by atoms with Crippen LogP contribution in [0, 0.1) is 0 Å². The fourth-order valence-electron chi connectivity index (χ4n) is 4.19. The van der Waals surface area contributed by atoms with Crippen molar-refractivity contribution in [3.05, 3.63) is 71.3 Å². The van der Waals surface area contributed by atoms with Crippen molar-refractivity contribution in [2.45, 2.75) is 25.7 Å². The Balaban J connectivity index is 0.000000199. The molecule has 0 amide bonds. The van der Waals surface area contributed by atoms with Gasteiger partial charge < -0.3 is 20.6 Å². The largest absolute Gasteiger partial charge is 0.355 e. The molecule has 6 heteroatoms. The Kier molecular flexibility index (Phi) is 7.28. The lowest BCUT2D eigenvalue weighted by molar-refractivity contribution is 0.857. The minimum atomic E-state index is 0.915. The molecule has 8 bridgehead atoms. The van der Waals surface area contributed by atoms with E-state index in [0.29, 0.717) is 0 Å². The fourth-order valence-corrected chi connectivity index (χ4v) is 4.19. The van der Waals surface area contributed by atoms with Crippen molar-refractivity contribution in [1.82, 2.24) is 30.6 Å². The van der Waals surface area contributed by atoms with Gasteiger partial charge in [0.25, 0.3) is 0 Å². The van der Waals surface area contributed by atoms with E-state index in [4.69, 9.17) is 0 Å². The monoisotopic (exact) mass is 452 g/mol. The molecule has 0 spiro atoms. The van der Waals surface area contributed by atoms with Gasteiger partial charge in [0.05, 0.1) is 22.8 Å². The molecule has 0 saturated carbocycles. The molecule has 4 aliphatic rings. The van der Waals surface area contributed by atoms with Crippen LogP contribution >= 0.6 is 0 Å². The van der Waals surface area contributed by atoms with E-state index >= 15 is 0 Å².